The van der Waals surface area contributed by atoms with E-state index in [1.54, 1.807) is 0 Å². The highest BCUT2D eigenvalue weighted by molar-refractivity contribution is 5.14. The Morgan fingerprint density at radius 1 is 0.455 bits per heavy atom. The summed E-state index contributed by atoms with van der Waals surface area (Å²) in [5.74, 6) is 0. The summed E-state index contributed by atoms with van der Waals surface area (Å²) < 4.78 is 36.2. The molecule has 6 saturated heterocycles. The van der Waals surface area contributed by atoms with Crippen molar-refractivity contribution in [1.29, 1.82) is 0 Å². The first kappa shape index (κ1) is 13.1. The molecule has 22 heavy (non-hydrogen) atoms. The summed E-state index contributed by atoms with van der Waals surface area (Å²) in [6.07, 6.45) is 5.44. The fourth-order valence-corrected chi connectivity index (χ4v) is 4.87. The summed E-state index contributed by atoms with van der Waals surface area (Å²) in [5.41, 5.74) is 0. The SMILES string of the molecule is C1CO[C@@H]2[C@H]3O[C@@H]3[C@@H]([C@@H]3O[C@H]4CCCO[C@@H]4[C@H]4O[C@H]34)O[C@H]2C1. The van der Waals surface area contributed by atoms with Crippen LogP contribution < -0.4 is 0 Å². The van der Waals surface area contributed by atoms with Gasteiger partial charge in [0, 0.05) is 13.2 Å². The number of rotatable bonds is 1. The van der Waals surface area contributed by atoms with Gasteiger partial charge in [0.25, 0.3) is 0 Å². The fraction of sp³-hybridized carbons (Fsp3) is 1.00. The van der Waals surface area contributed by atoms with Crippen LogP contribution in [0.4, 0.5) is 0 Å². The second-order valence-electron chi connectivity index (χ2n) is 7.36. The molecule has 6 aliphatic rings. The molecule has 0 radical (unpaired) electrons. The number of hydrogen-bond donors (Lipinski definition) is 0. The van der Waals surface area contributed by atoms with Gasteiger partial charge in [-0.3, -0.25) is 0 Å². The van der Waals surface area contributed by atoms with Gasteiger partial charge in [0.05, 0.1) is 12.2 Å². The molecule has 10 atom stereocenters. The molecular weight excluding hydrogens is 288 g/mol. The largest absolute Gasteiger partial charge is 0.373 e. The summed E-state index contributed by atoms with van der Waals surface area (Å²) in [6.45, 7) is 1.66. The van der Waals surface area contributed by atoms with Crippen molar-refractivity contribution in [3.8, 4) is 0 Å². The third kappa shape index (κ3) is 1.82. The van der Waals surface area contributed by atoms with Crippen molar-refractivity contribution in [3.63, 3.8) is 0 Å². The van der Waals surface area contributed by atoms with Gasteiger partial charge >= 0.3 is 0 Å². The van der Waals surface area contributed by atoms with Crippen molar-refractivity contribution >= 4 is 0 Å². The fourth-order valence-electron chi connectivity index (χ4n) is 4.87. The molecule has 0 aromatic heterocycles. The number of epoxide rings is 2. The molecule has 0 spiro atoms. The molecular formula is C16H22O6. The quantitative estimate of drug-likeness (QED) is 0.654. The Balaban J connectivity index is 1.22. The average Bonchev–Trinajstić information content (AvgIpc) is 3.46. The predicted molar refractivity (Wildman–Crippen MR) is 72.6 cm³/mol. The first-order valence-corrected chi connectivity index (χ1v) is 8.75. The van der Waals surface area contributed by atoms with Gasteiger partial charge in [0.2, 0.25) is 0 Å². The third-order valence-corrected chi connectivity index (χ3v) is 6.03. The second-order valence-corrected chi connectivity index (χ2v) is 7.36. The van der Waals surface area contributed by atoms with Crippen LogP contribution in [0.15, 0.2) is 0 Å². The van der Waals surface area contributed by atoms with E-state index in [0.717, 1.165) is 38.9 Å². The van der Waals surface area contributed by atoms with Crippen molar-refractivity contribution in [2.24, 2.45) is 0 Å². The predicted octanol–water partition coefficient (Wildman–Crippen LogP) is 0.414. The van der Waals surface area contributed by atoms with Crippen LogP contribution in [0.5, 0.6) is 0 Å². The molecule has 0 aromatic rings. The molecule has 6 heteroatoms. The maximum absolute atomic E-state index is 6.36. The first-order valence-electron chi connectivity index (χ1n) is 8.75. The van der Waals surface area contributed by atoms with Crippen LogP contribution in [0.2, 0.25) is 0 Å². The molecule has 0 N–H and O–H groups in total. The van der Waals surface area contributed by atoms with Crippen LogP contribution in [-0.4, -0.2) is 74.3 Å². The Morgan fingerprint density at radius 3 is 1.36 bits per heavy atom. The number of fused-ring (bicyclic) bond motifs is 6. The van der Waals surface area contributed by atoms with Crippen LogP contribution in [0, 0.1) is 0 Å². The van der Waals surface area contributed by atoms with E-state index >= 15 is 0 Å². The molecule has 6 heterocycles. The van der Waals surface area contributed by atoms with Crippen molar-refractivity contribution < 1.29 is 28.4 Å². The third-order valence-electron chi connectivity index (χ3n) is 6.03. The van der Waals surface area contributed by atoms with Crippen LogP contribution in [-0.2, 0) is 28.4 Å². The summed E-state index contributed by atoms with van der Waals surface area (Å²) in [6, 6.07) is 0. The number of hydrogen-bond acceptors (Lipinski definition) is 6. The highest BCUT2D eigenvalue weighted by Gasteiger charge is 2.67. The molecule has 0 amide bonds. The lowest BCUT2D eigenvalue weighted by Gasteiger charge is -2.42. The summed E-state index contributed by atoms with van der Waals surface area (Å²) in [5, 5.41) is 0. The molecule has 6 fully saturated rings. The Labute approximate surface area is 129 Å². The minimum atomic E-state index is -0.00849. The van der Waals surface area contributed by atoms with Crippen LogP contribution in [0.25, 0.3) is 0 Å². The van der Waals surface area contributed by atoms with Crippen LogP contribution in [0.3, 0.4) is 0 Å². The molecule has 122 valence electrons. The van der Waals surface area contributed by atoms with E-state index in [4.69, 9.17) is 28.4 Å². The van der Waals surface area contributed by atoms with E-state index in [2.05, 4.69) is 0 Å². The smallest absolute Gasteiger partial charge is 0.116 e. The molecule has 6 aliphatic heterocycles. The van der Waals surface area contributed by atoms with E-state index in [-0.39, 0.29) is 61.0 Å². The van der Waals surface area contributed by atoms with Crippen molar-refractivity contribution in [3.05, 3.63) is 0 Å². The van der Waals surface area contributed by atoms with E-state index in [1.807, 2.05) is 0 Å². The lowest BCUT2D eigenvalue weighted by Crippen LogP contribution is -2.58. The van der Waals surface area contributed by atoms with Crippen LogP contribution in [0.1, 0.15) is 25.7 Å². The standard InChI is InChI=1S/C16H22O6/c1-3-7-9(17-5-1)11-15(21-11)13(19-7)14-16-12(22-16)10-8(20-14)4-2-6-18-10/h7-16H,1-6H2/t7-,8-,9-,10-,11+,12+,13-,14+,15-,16-/m0/s1. The molecule has 0 saturated carbocycles. The van der Waals surface area contributed by atoms with E-state index in [0.29, 0.717) is 0 Å². The van der Waals surface area contributed by atoms with Gasteiger partial charge in [-0.2, -0.15) is 0 Å². The summed E-state index contributed by atoms with van der Waals surface area (Å²) >= 11 is 0. The maximum atomic E-state index is 6.36. The van der Waals surface area contributed by atoms with Gasteiger partial charge in [-0.15, -0.1) is 0 Å². The van der Waals surface area contributed by atoms with E-state index < -0.39 is 0 Å². The molecule has 0 unspecified atom stereocenters. The molecule has 0 aliphatic carbocycles. The lowest BCUT2D eigenvalue weighted by molar-refractivity contribution is -0.215. The molecule has 0 bridgehead atoms. The summed E-state index contributed by atoms with van der Waals surface area (Å²) in [7, 11) is 0. The zero-order valence-corrected chi connectivity index (χ0v) is 12.5. The monoisotopic (exact) mass is 310 g/mol. The minimum Gasteiger partial charge on any atom is -0.373 e. The highest BCUT2D eigenvalue weighted by Crippen LogP contribution is 2.49. The zero-order valence-electron chi connectivity index (χ0n) is 12.5. The van der Waals surface area contributed by atoms with Gasteiger partial charge in [-0.25, -0.2) is 0 Å². The van der Waals surface area contributed by atoms with E-state index in [1.165, 1.54) is 0 Å². The van der Waals surface area contributed by atoms with Crippen molar-refractivity contribution in [1.82, 2.24) is 0 Å². The van der Waals surface area contributed by atoms with E-state index in [9.17, 15) is 0 Å². The van der Waals surface area contributed by atoms with Crippen molar-refractivity contribution in [2.75, 3.05) is 13.2 Å². The van der Waals surface area contributed by atoms with Crippen molar-refractivity contribution in [2.45, 2.75) is 86.7 Å². The number of ether oxygens (including phenoxy) is 6. The topological polar surface area (TPSA) is 62.0 Å². The Bertz CT molecular complexity index is 430. The molecule has 6 rings (SSSR count). The van der Waals surface area contributed by atoms with Gasteiger partial charge < -0.3 is 28.4 Å². The van der Waals surface area contributed by atoms with Gasteiger partial charge in [0.15, 0.2) is 0 Å². The molecule has 0 aromatic carbocycles. The Kier molecular flexibility index (Phi) is 2.77. The normalized spacial score (nSPS) is 62.2. The average molecular weight is 310 g/mol. The summed E-state index contributed by atoms with van der Waals surface area (Å²) in [4.78, 5) is 0. The Hall–Kier alpha value is -0.240. The van der Waals surface area contributed by atoms with Gasteiger partial charge in [-0.1, -0.05) is 0 Å². The highest BCUT2D eigenvalue weighted by atomic mass is 16.7. The van der Waals surface area contributed by atoms with Gasteiger partial charge in [0.1, 0.15) is 48.8 Å². The van der Waals surface area contributed by atoms with Gasteiger partial charge in [-0.05, 0) is 25.7 Å². The molecule has 6 nitrogen and oxygen atoms in total. The second kappa shape index (κ2) is 4.65. The minimum absolute atomic E-state index is 0.00849. The first-order chi connectivity index (χ1) is 10.9. The Morgan fingerprint density at radius 2 is 0.864 bits per heavy atom. The lowest BCUT2D eigenvalue weighted by atomic mass is 9.89. The zero-order chi connectivity index (χ0) is 14.3. The maximum Gasteiger partial charge on any atom is 0.116 e. The van der Waals surface area contributed by atoms with Crippen LogP contribution >= 0.6 is 0 Å².